The second-order valence-corrected chi connectivity index (χ2v) is 5.32. The van der Waals surface area contributed by atoms with Gasteiger partial charge in [0, 0.05) is 6.54 Å². The van der Waals surface area contributed by atoms with E-state index in [-0.39, 0.29) is 24.0 Å². The van der Waals surface area contributed by atoms with Gasteiger partial charge < -0.3 is 10.6 Å². The molecule has 138 valence electrons. The minimum absolute atomic E-state index is 0. The van der Waals surface area contributed by atoms with Gasteiger partial charge in [-0.2, -0.15) is 18.3 Å². The van der Waals surface area contributed by atoms with Gasteiger partial charge in [0.05, 0.1) is 28.7 Å². The molecule has 0 spiro atoms. The number of aromatic nitrogens is 2. The van der Waals surface area contributed by atoms with Crippen LogP contribution in [0.1, 0.15) is 28.0 Å². The minimum Gasteiger partial charge on any atom is -0.352 e. The number of carbonyl (C=O) groups excluding carboxylic acids is 1. The molecule has 0 fully saturated rings. The van der Waals surface area contributed by atoms with Gasteiger partial charge in [-0.1, -0.05) is 6.07 Å². The maximum Gasteiger partial charge on any atom is 0.416 e. The van der Waals surface area contributed by atoms with Gasteiger partial charge in [0.25, 0.3) is 5.91 Å². The maximum absolute atomic E-state index is 12.8. The lowest BCUT2D eigenvalue weighted by Gasteiger charge is -2.10. The summed E-state index contributed by atoms with van der Waals surface area (Å²) in [5.41, 5.74) is 0.335. The predicted octanol–water partition coefficient (Wildman–Crippen LogP) is 2.96. The summed E-state index contributed by atoms with van der Waals surface area (Å²) in [6, 6.07) is 4.84. The van der Waals surface area contributed by atoms with E-state index in [0.29, 0.717) is 17.8 Å². The number of hydrogen-bond acceptors (Lipinski definition) is 3. The molecular weight excluding hydrogens is 357 g/mol. The third-order valence-corrected chi connectivity index (χ3v) is 3.56. The van der Waals surface area contributed by atoms with E-state index in [4.69, 9.17) is 0 Å². The van der Waals surface area contributed by atoms with E-state index < -0.39 is 11.7 Å². The number of carbonyl (C=O) groups is 1. The first-order chi connectivity index (χ1) is 11.3. The van der Waals surface area contributed by atoms with Crippen molar-refractivity contribution in [3.05, 3.63) is 47.3 Å². The van der Waals surface area contributed by atoms with Crippen LogP contribution in [-0.4, -0.2) is 35.8 Å². The molecule has 0 aliphatic carbocycles. The first-order valence-electron chi connectivity index (χ1n) is 7.49. The lowest BCUT2D eigenvalue weighted by atomic mass is 10.2. The molecule has 1 aromatic carbocycles. The third kappa shape index (κ3) is 5.20. The molecule has 1 heterocycles. The quantitative estimate of drug-likeness (QED) is 0.762. The van der Waals surface area contributed by atoms with Gasteiger partial charge in [-0.05, 0) is 45.1 Å². The van der Waals surface area contributed by atoms with Crippen LogP contribution in [0.5, 0.6) is 0 Å². The summed E-state index contributed by atoms with van der Waals surface area (Å²) < 4.78 is 39.8. The topological polar surface area (TPSA) is 58.9 Å². The molecule has 1 amide bonds. The molecule has 2 aromatic rings. The monoisotopic (exact) mass is 376 g/mol. The van der Waals surface area contributed by atoms with E-state index in [1.807, 2.05) is 7.05 Å². The lowest BCUT2D eigenvalue weighted by molar-refractivity contribution is -0.137. The summed E-state index contributed by atoms with van der Waals surface area (Å²) in [5.74, 6) is -0.290. The van der Waals surface area contributed by atoms with Gasteiger partial charge in [-0.3, -0.25) is 4.79 Å². The van der Waals surface area contributed by atoms with E-state index >= 15 is 0 Å². The Morgan fingerprint density at radius 1 is 1.28 bits per heavy atom. The van der Waals surface area contributed by atoms with Crippen molar-refractivity contribution in [2.45, 2.75) is 19.5 Å². The van der Waals surface area contributed by atoms with Crippen molar-refractivity contribution < 1.29 is 18.0 Å². The molecule has 0 saturated heterocycles. The van der Waals surface area contributed by atoms with Gasteiger partial charge in [0.1, 0.15) is 0 Å². The van der Waals surface area contributed by atoms with Crippen molar-refractivity contribution in [2.24, 2.45) is 0 Å². The summed E-state index contributed by atoms with van der Waals surface area (Å²) in [5, 5.41) is 9.79. The SMILES string of the molecule is CNCCCNC(=O)c1cnn(-c2cccc(C(F)(F)F)c2)c1C.Cl. The van der Waals surface area contributed by atoms with Gasteiger partial charge in [0.2, 0.25) is 0 Å². The van der Waals surface area contributed by atoms with Gasteiger partial charge in [-0.25, -0.2) is 4.68 Å². The standard InChI is InChI=1S/C16H19F3N4O.ClH/c1-11-14(15(24)21-8-4-7-20-2)10-22-23(11)13-6-3-5-12(9-13)16(17,18)19;/h3,5-6,9-10,20H,4,7-8H2,1-2H3,(H,21,24);1H. The first-order valence-corrected chi connectivity index (χ1v) is 7.49. The summed E-state index contributed by atoms with van der Waals surface area (Å²) in [6.45, 7) is 2.94. The molecule has 0 aliphatic heterocycles. The fraction of sp³-hybridized carbons (Fsp3) is 0.375. The predicted molar refractivity (Wildman–Crippen MR) is 91.4 cm³/mol. The van der Waals surface area contributed by atoms with Crippen molar-refractivity contribution in [3.63, 3.8) is 0 Å². The average molecular weight is 377 g/mol. The molecule has 0 radical (unpaired) electrons. The van der Waals surface area contributed by atoms with E-state index in [1.54, 1.807) is 6.92 Å². The normalized spacial score (nSPS) is 11.1. The number of nitrogens with one attached hydrogen (secondary N) is 2. The number of hydrogen-bond donors (Lipinski definition) is 2. The molecule has 0 unspecified atom stereocenters. The number of alkyl halides is 3. The van der Waals surface area contributed by atoms with Crippen LogP contribution in [0.4, 0.5) is 13.2 Å². The Labute approximate surface area is 150 Å². The van der Waals surface area contributed by atoms with Gasteiger partial charge in [-0.15, -0.1) is 12.4 Å². The highest BCUT2D eigenvalue weighted by Crippen LogP contribution is 2.30. The highest BCUT2D eigenvalue weighted by atomic mass is 35.5. The molecule has 2 N–H and O–H groups in total. The second kappa shape index (κ2) is 8.87. The van der Waals surface area contributed by atoms with Crippen LogP contribution < -0.4 is 10.6 Å². The third-order valence-electron chi connectivity index (χ3n) is 3.56. The van der Waals surface area contributed by atoms with Crippen LogP contribution in [0.2, 0.25) is 0 Å². The molecule has 0 saturated carbocycles. The summed E-state index contributed by atoms with van der Waals surface area (Å²) in [7, 11) is 1.82. The molecule has 9 heteroatoms. The van der Waals surface area contributed by atoms with Crippen LogP contribution in [-0.2, 0) is 6.18 Å². The molecule has 0 bridgehead atoms. The Hall–Kier alpha value is -2.06. The Morgan fingerprint density at radius 2 is 2.00 bits per heavy atom. The van der Waals surface area contributed by atoms with E-state index in [0.717, 1.165) is 25.1 Å². The Morgan fingerprint density at radius 3 is 2.64 bits per heavy atom. The van der Waals surface area contributed by atoms with Crippen molar-refractivity contribution in [1.82, 2.24) is 20.4 Å². The first kappa shape index (κ1) is 21.0. The fourth-order valence-electron chi connectivity index (χ4n) is 2.27. The van der Waals surface area contributed by atoms with Crippen LogP contribution in [0.3, 0.4) is 0 Å². The smallest absolute Gasteiger partial charge is 0.352 e. The van der Waals surface area contributed by atoms with Gasteiger partial charge >= 0.3 is 6.18 Å². The summed E-state index contributed by atoms with van der Waals surface area (Å²) in [6.07, 6.45) is -2.28. The van der Waals surface area contributed by atoms with Crippen molar-refractivity contribution in [2.75, 3.05) is 20.1 Å². The van der Waals surface area contributed by atoms with E-state index in [9.17, 15) is 18.0 Å². The van der Waals surface area contributed by atoms with Crippen molar-refractivity contribution >= 4 is 18.3 Å². The zero-order valence-corrected chi connectivity index (χ0v) is 14.7. The van der Waals surface area contributed by atoms with Crippen molar-refractivity contribution in [3.8, 4) is 5.69 Å². The summed E-state index contributed by atoms with van der Waals surface area (Å²) >= 11 is 0. The molecule has 0 aliphatic rings. The molecule has 1 aromatic heterocycles. The number of rotatable bonds is 6. The van der Waals surface area contributed by atoms with Crippen molar-refractivity contribution in [1.29, 1.82) is 0 Å². The number of halogens is 4. The number of benzene rings is 1. The number of amides is 1. The Bertz CT molecular complexity index is 716. The Kier molecular flexibility index (Phi) is 7.44. The molecule has 25 heavy (non-hydrogen) atoms. The van der Waals surface area contributed by atoms with E-state index in [1.165, 1.54) is 23.0 Å². The second-order valence-electron chi connectivity index (χ2n) is 5.32. The molecule has 5 nitrogen and oxygen atoms in total. The average Bonchev–Trinajstić information content (AvgIpc) is 2.92. The lowest BCUT2D eigenvalue weighted by Crippen LogP contribution is -2.26. The molecule has 0 atom stereocenters. The van der Waals surface area contributed by atoms with Crippen LogP contribution >= 0.6 is 12.4 Å². The van der Waals surface area contributed by atoms with Gasteiger partial charge in [0.15, 0.2) is 0 Å². The number of nitrogens with zero attached hydrogens (tertiary/aromatic N) is 2. The zero-order chi connectivity index (χ0) is 17.7. The Balaban J connectivity index is 0.00000312. The van der Waals surface area contributed by atoms with Crippen LogP contribution in [0, 0.1) is 6.92 Å². The highest BCUT2D eigenvalue weighted by Gasteiger charge is 2.30. The largest absolute Gasteiger partial charge is 0.416 e. The highest BCUT2D eigenvalue weighted by molar-refractivity contribution is 5.95. The van der Waals surface area contributed by atoms with E-state index in [2.05, 4.69) is 15.7 Å². The fourth-order valence-corrected chi connectivity index (χ4v) is 2.27. The van der Waals surface area contributed by atoms with Crippen LogP contribution in [0.15, 0.2) is 30.5 Å². The maximum atomic E-state index is 12.8. The minimum atomic E-state index is -4.43. The molecular formula is C16H20ClF3N4O. The van der Waals surface area contributed by atoms with Crippen LogP contribution in [0.25, 0.3) is 5.69 Å². The summed E-state index contributed by atoms with van der Waals surface area (Å²) in [4.78, 5) is 12.1. The zero-order valence-electron chi connectivity index (χ0n) is 13.9. The molecule has 2 rings (SSSR count).